The maximum absolute atomic E-state index is 12.6. The molecule has 0 radical (unpaired) electrons. The first-order chi connectivity index (χ1) is 8.45. The Labute approximate surface area is 110 Å². The normalized spacial score (nSPS) is 18.3. The van der Waals surface area contributed by atoms with Crippen LogP contribution in [-0.2, 0) is 0 Å². The summed E-state index contributed by atoms with van der Waals surface area (Å²) in [5.41, 5.74) is 4.84. The number of aryl methyl sites for hydroxylation is 2. The molecule has 0 N–H and O–H groups in total. The standard InChI is InChI=1S/C16H19OP/c1-11-5-12(2)8-15(7-11)18(17)16-9-13(3)6-14(4)10-16/h5-9H,10H2,1-4H3. The molecule has 1 aromatic carbocycles. The second kappa shape index (κ2) is 5.22. The molecule has 0 saturated heterocycles. The zero-order chi connectivity index (χ0) is 13.3. The van der Waals surface area contributed by atoms with Gasteiger partial charge in [-0.25, -0.2) is 0 Å². The average molecular weight is 258 g/mol. The molecule has 0 heterocycles. The van der Waals surface area contributed by atoms with E-state index in [4.69, 9.17) is 0 Å². The molecule has 1 atom stereocenters. The molecular formula is C16H19OP. The summed E-state index contributed by atoms with van der Waals surface area (Å²) in [6.07, 6.45) is 5.07. The number of benzene rings is 1. The lowest BCUT2D eigenvalue weighted by molar-refractivity contribution is -0.149. The van der Waals surface area contributed by atoms with Crippen LogP contribution < -0.4 is 10.2 Å². The quantitative estimate of drug-likeness (QED) is 0.710. The molecule has 2 rings (SSSR count). The molecule has 0 saturated carbocycles. The minimum absolute atomic E-state index is 0.833. The predicted molar refractivity (Wildman–Crippen MR) is 79.6 cm³/mol. The van der Waals surface area contributed by atoms with Crippen molar-refractivity contribution >= 4 is 18.4 Å². The second-order valence-electron chi connectivity index (χ2n) is 5.19. The Morgan fingerprint density at radius 3 is 2.11 bits per heavy atom. The topological polar surface area (TPSA) is 23.1 Å². The third-order valence-corrected chi connectivity index (χ3v) is 4.57. The van der Waals surface area contributed by atoms with Gasteiger partial charge in [-0.3, -0.25) is 0 Å². The molecule has 0 aromatic heterocycles. The highest BCUT2D eigenvalue weighted by atomic mass is 31.1. The lowest BCUT2D eigenvalue weighted by Crippen LogP contribution is -2.14. The van der Waals surface area contributed by atoms with Crippen molar-refractivity contribution in [3.05, 3.63) is 52.6 Å². The number of allylic oxidation sites excluding steroid dienone is 4. The molecule has 0 amide bonds. The fourth-order valence-electron chi connectivity index (χ4n) is 2.45. The first kappa shape index (κ1) is 13.3. The third-order valence-electron chi connectivity index (χ3n) is 3.03. The van der Waals surface area contributed by atoms with E-state index >= 15 is 0 Å². The van der Waals surface area contributed by atoms with Gasteiger partial charge in [0.25, 0.3) is 0 Å². The molecule has 1 nitrogen and oxygen atoms in total. The summed E-state index contributed by atoms with van der Waals surface area (Å²) >= 11 is 0. The van der Waals surface area contributed by atoms with Crippen molar-refractivity contribution in [1.82, 2.24) is 0 Å². The molecule has 0 aliphatic heterocycles. The van der Waals surface area contributed by atoms with Gasteiger partial charge in [0.15, 0.2) is 0 Å². The summed E-state index contributed by atoms with van der Waals surface area (Å²) < 4.78 is 0. The zero-order valence-electron chi connectivity index (χ0n) is 11.4. The summed E-state index contributed by atoms with van der Waals surface area (Å²) in [5, 5.41) is 2.00. The molecule has 2 heteroatoms. The van der Waals surface area contributed by atoms with Crippen LogP contribution in [0.25, 0.3) is 0 Å². The van der Waals surface area contributed by atoms with Crippen LogP contribution in [0.2, 0.25) is 0 Å². The fraction of sp³-hybridized carbons (Fsp3) is 0.312. The minimum Gasteiger partial charge on any atom is -0.626 e. The average Bonchev–Trinajstić information content (AvgIpc) is 2.25. The molecule has 18 heavy (non-hydrogen) atoms. The van der Waals surface area contributed by atoms with E-state index < -0.39 is 7.77 Å². The van der Waals surface area contributed by atoms with Gasteiger partial charge in [0.05, 0.1) is 7.77 Å². The van der Waals surface area contributed by atoms with Gasteiger partial charge in [-0.05, 0) is 62.6 Å². The van der Waals surface area contributed by atoms with Gasteiger partial charge in [-0.1, -0.05) is 17.7 Å². The Bertz CT molecular complexity index is 557. The van der Waals surface area contributed by atoms with Crippen LogP contribution in [-0.4, -0.2) is 5.29 Å². The smallest absolute Gasteiger partial charge is 0.145 e. The lowest BCUT2D eigenvalue weighted by atomic mass is 10.0. The van der Waals surface area contributed by atoms with Crippen LogP contribution in [0.1, 0.15) is 31.4 Å². The van der Waals surface area contributed by atoms with Gasteiger partial charge in [0.2, 0.25) is 0 Å². The summed E-state index contributed by atoms with van der Waals surface area (Å²) in [5.74, 6) is 0. The number of hydrogen-bond acceptors (Lipinski definition) is 1. The molecule has 1 unspecified atom stereocenters. The highest BCUT2D eigenvalue weighted by Crippen LogP contribution is 2.25. The zero-order valence-corrected chi connectivity index (χ0v) is 12.3. The van der Waals surface area contributed by atoms with E-state index in [0.29, 0.717) is 0 Å². The Kier molecular flexibility index (Phi) is 3.85. The summed E-state index contributed by atoms with van der Waals surface area (Å²) in [7, 11) is -1.43. The van der Waals surface area contributed by atoms with Crippen molar-refractivity contribution in [2.75, 3.05) is 0 Å². The molecule has 0 fully saturated rings. The van der Waals surface area contributed by atoms with Crippen molar-refractivity contribution in [3.8, 4) is 0 Å². The predicted octanol–water partition coefficient (Wildman–Crippen LogP) is 3.15. The van der Waals surface area contributed by atoms with Gasteiger partial charge < -0.3 is 4.89 Å². The lowest BCUT2D eigenvalue weighted by Gasteiger charge is -2.11. The van der Waals surface area contributed by atoms with Crippen molar-refractivity contribution in [1.29, 1.82) is 0 Å². The van der Waals surface area contributed by atoms with E-state index in [-0.39, 0.29) is 0 Å². The molecule has 94 valence electrons. The number of hydrogen-bond donors (Lipinski definition) is 0. The highest BCUT2D eigenvalue weighted by Gasteiger charge is 2.15. The first-order valence-electron chi connectivity index (χ1n) is 6.22. The second-order valence-corrected chi connectivity index (χ2v) is 6.87. The molecule has 1 aliphatic carbocycles. The molecule has 0 bridgehead atoms. The first-order valence-corrected chi connectivity index (χ1v) is 7.48. The van der Waals surface area contributed by atoms with E-state index in [1.165, 1.54) is 22.3 Å². The van der Waals surface area contributed by atoms with Crippen molar-refractivity contribution < 1.29 is 4.89 Å². The van der Waals surface area contributed by atoms with E-state index in [0.717, 1.165) is 17.0 Å². The molecule has 1 aliphatic rings. The van der Waals surface area contributed by atoms with Crippen molar-refractivity contribution in [2.24, 2.45) is 0 Å². The Morgan fingerprint density at radius 1 is 0.944 bits per heavy atom. The Morgan fingerprint density at radius 2 is 1.56 bits per heavy atom. The maximum Gasteiger partial charge on any atom is 0.145 e. The summed E-state index contributed by atoms with van der Waals surface area (Å²) in [6.45, 7) is 8.27. The Hall–Kier alpha value is -1.17. The van der Waals surface area contributed by atoms with Gasteiger partial charge in [0, 0.05) is 6.42 Å². The summed E-state index contributed by atoms with van der Waals surface area (Å²) in [4.78, 5) is 12.6. The van der Waals surface area contributed by atoms with E-state index in [2.05, 4.69) is 45.9 Å². The van der Waals surface area contributed by atoms with Gasteiger partial charge in [-0.15, -0.1) is 0 Å². The molecule has 0 spiro atoms. The third kappa shape index (κ3) is 2.98. The van der Waals surface area contributed by atoms with Gasteiger partial charge in [-0.2, -0.15) is 0 Å². The summed E-state index contributed by atoms with van der Waals surface area (Å²) in [6, 6.07) is 6.19. The van der Waals surface area contributed by atoms with E-state index in [1.807, 2.05) is 12.1 Å². The molecular weight excluding hydrogens is 239 g/mol. The fourth-order valence-corrected chi connectivity index (χ4v) is 4.13. The minimum atomic E-state index is -1.43. The van der Waals surface area contributed by atoms with Crippen LogP contribution in [0.3, 0.4) is 0 Å². The van der Waals surface area contributed by atoms with Gasteiger partial charge >= 0.3 is 0 Å². The largest absolute Gasteiger partial charge is 0.626 e. The van der Waals surface area contributed by atoms with Crippen molar-refractivity contribution in [3.63, 3.8) is 0 Å². The van der Waals surface area contributed by atoms with Crippen LogP contribution >= 0.6 is 7.77 Å². The van der Waals surface area contributed by atoms with Crippen LogP contribution in [0.15, 0.2) is 41.5 Å². The number of rotatable bonds is 1. The van der Waals surface area contributed by atoms with E-state index in [1.54, 1.807) is 0 Å². The van der Waals surface area contributed by atoms with E-state index in [9.17, 15) is 4.89 Å². The van der Waals surface area contributed by atoms with Crippen LogP contribution in [0.4, 0.5) is 0 Å². The maximum atomic E-state index is 12.6. The highest BCUT2D eigenvalue weighted by molar-refractivity contribution is 7.60. The monoisotopic (exact) mass is 258 g/mol. The molecule has 1 aromatic rings. The van der Waals surface area contributed by atoms with Crippen LogP contribution in [0.5, 0.6) is 0 Å². The van der Waals surface area contributed by atoms with Gasteiger partial charge in [0.1, 0.15) is 10.6 Å². The Balaban J connectivity index is 2.48. The SMILES string of the molecule is CC1=C/C(=[P+](/[O-])c2cc(C)cc(C)c2)CC(C)=C1. The van der Waals surface area contributed by atoms with Crippen molar-refractivity contribution in [2.45, 2.75) is 34.1 Å². The van der Waals surface area contributed by atoms with Crippen LogP contribution in [0, 0.1) is 13.8 Å².